The third kappa shape index (κ3) is 3.71. The van der Waals surface area contributed by atoms with Crippen molar-refractivity contribution < 1.29 is 9.59 Å². The highest BCUT2D eigenvalue weighted by Crippen LogP contribution is 2.24. The number of pyridine rings is 1. The number of aryl methyl sites for hydroxylation is 2. The zero-order valence-corrected chi connectivity index (χ0v) is 14.7. The Morgan fingerprint density at radius 1 is 1.12 bits per heavy atom. The average molecular weight is 337 g/mol. The van der Waals surface area contributed by atoms with E-state index in [4.69, 9.17) is 5.73 Å². The van der Waals surface area contributed by atoms with Gasteiger partial charge in [0.2, 0.25) is 5.91 Å². The van der Waals surface area contributed by atoms with Gasteiger partial charge in [-0.25, -0.2) is 0 Å². The van der Waals surface area contributed by atoms with Gasteiger partial charge < -0.3 is 10.6 Å². The molecule has 1 aromatic heterocycles. The maximum atomic E-state index is 12.7. The summed E-state index contributed by atoms with van der Waals surface area (Å²) in [6.07, 6.45) is 1.57. The lowest BCUT2D eigenvalue weighted by Gasteiger charge is -2.31. The van der Waals surface area contributed by atoms with Crippen LogP contribution in [-0.4, -0.2) is 34.8 Å². The summed E-state index contributed by atoms with van der Waals surface area (Å²) in [6, 6.07) is 11.6. The van der Waals surface area contributed by atoms with E-state index >= 15 is 0 Å². The number of amides is 2. The lowest BCUT2D eigenvalue weighted by molar-refractivity contribution is -0.123. The van der Waals surface area contributed by atoms with Crippen LogP contribution in [0.25, 0.3) is 11.1 Å². The van der Waals surface area contributed by atoms with Crippen LogP contribution in [0.3, 0.4) is 0 Å². The Balaban J connectivity index is 1.77. The molecule has 0 saturated carbocycles. The van der Waals surface area contributed by atoms with E-state index < -0.39 is 0 Å². The Hall–Kier alpha value is -2.69. The SMILES string of the molecule is Cc1ccc(-c2ccc(C(=O)N3CCC[C@H](C(N)=O)C3)cc2)c(C)n1. The molecule has 1 saturated heterocycles. The van der Waals surface area contributed by atoms with E-state index in [1.807, 2.05) is 44.2 Å². The van der Waals surface area contributed by atoms with Gasteiger partial charge in [-0.05, 0) is 50.5 Å². The van der Waals surface area contributed by atoms with Gasteiger partial charge in [0.1, 0.15) is 0 Å². The number of hydrogen-bond donors (Lipinski definition) is 1. The summed E-state index contributed by atoms with van der Waals surface area (Å²) in [5.74, 6) is -0.607. The second-order valence-corrected chi connectivity index (χ2v) is 6.66. The number of likely N-dealkylation sites (tertiary alicyclic amines) is 1. The Bertz CT molecular complexity index is 799. The number of hydrogen-bond acceptors (Lipinski definition) is 3. The van der Waals surface area contributed by atoms with Gasteiger partial charge in [-0.15, -0.1) is 0 Å². The van der Waals surface area contributed by atoms with Crippen LogP contribution in [0.5, 0.6) is 0 Å². The van der Waals surface area contributed by atoms with Gasteiger partial charge in [-0.1, -0.05) is 18.2 Å². The van der Waals surface area contributed by atoms with Crippen molar-refractivity contribution in [3.63, 3.8) is 0 Å². The predicted octanol–water partition coefficient (Wildman–Crippen LogP) is 2.70. The molecule has 130 valence electrons. The summed E-state index contributed by atoms with van der Waals surface area (Å²) in [7, 11) is 0. The number of benzene rings is 1. The van der Waals surface area contributed by atoms with E-state index in [1.54, 1.807) is 4.90 Å². The molecule has 3 rings (SSSR count). The number of primary amides is 1. The van der Waals surface area contributed by atoms with E-state index in [-0.39, 0.29) is 17.7 Å². The first kappa shape index (κ1) is 17.1. The molecule has 0 bridgehead atoms. The smallest absolute Gasteiger partial charge is 0.253 e. The Labute approximate surface area is 147 Å². The summed E-state index contributed by atoms with van der Waals surface area (Å²) >= 11 is 0. The normalized spacial score (nSPS) is 17.4. The van der Waals surface area contributed by atoms with E-state index in [1.165, 1.54) is 0 Å². The zero-order valence-electron chi connectivity index (χ0n) is 14.7. The topological polar surface area (TPSA) is 76.3 Å². The number of piperidine rings is 1. The minimum absolute atomic E-state index is 0.0451. The first-order valence-corrected chi connectivity index (χ1v) is 8.59. The van der Waals surface area contributed by atoms with Gasteiger partial charge in [-0.3, -0.25) is 14.6 Å². The molecule has 0 unspecified atom stereocenters. The average Bonchev–Trinajstić information content (AvgIpc) is 2.61. The van der Waals surface area contributed by atoms with Crippen molar-refractivity contribution in [3.05, 3.63) is 53.3 Å². The highest BCUT2D eigenvalue weighted by Gasteiger charge is 2.27. The fraction of sp³-hybridized carbons (Fsp3) is 0.350. The molecule has 1 aliphatic rings. The number of carbonyl (C=O) groups excluding carboxylic acids is 2. The van der Waals surface area contributed by atoms with Crippen LogP contribution in [-0.2, 0) is 4.79 Å². The van der Waals surface area contributed by atoms with Crippen molar-refractivity contribution in [2.24, 2.45) is 11.7 Å². The number of nitrogens with two attached hydrogens (primary N) is 1. The van der Waals surface area contributed by atoms with Crippen LogP contribution in [0.4, 0.5) is 0 Å². The van der Waals surface area contributed by atoms with Crippen molar-refractivity contribution >= 4 is 11.8 Å². The highest BCUT2D eigenvalue weighted by atomic mass is 16.2. The second-order valence-electron chi connectivity index (χ2n) is 6.66. The Morgan fingerprint density at radius 2 is 1.84 bits per heavy atom. The van der Waals surface area contributed by atoms with Crippen LogP contribution >= 0.6 is 0 Å². The first-order chi connectivity index (χ1) is 12.0. The van der Waals surface area contributed by atoms with Crippen molar-refractivity contribution in [1.29, 1.82) is 0 Å². The number of carbonyl (C=O) groups is 2. The standard InChI is InChI=1S/C20H23N3O2/c1-13-5-10-18(14(2)22-13)15-6-8-16(9-7-15)20(25)23-11-3-4-17(12-23)19(21)24/h5-10,17H,3-4,11-12H2,1-2H3,(H2,21,24)/t17-/m0/s1. The summed E-state index contributed by atoms with van der Waals surface area (Å²) in [5.41, 5.74) is 10.1. The van der Waals surface area contributed by atoms with Gasteiger partial charge in [-0.2, -0.15) is 0 Å². The third-order valence-corrected chi connectivity index (χ3v) is 4.78. The van der Waals surface area contributed by atoms with E-state index in [9.17, 15) is 9.59 Å². The molecule has 2 aromatic rings. The molecule has 1 aromatic carbocycles. The maximum Gasteiger partial charge on any atom is 0.253 e. The van der Waals surface area contributed by atoms with Gasteiger partial charge in [0, 0.05) is 35.6 Å². The van der Waals surface area contributed by atoms with Crippen LogP contribution in [0, 0.1) is 19.8 Å². The third-order valence-electron chi connectivity index (χ3n) is 4.78. The molecule has 1 fully saturated rings. The summed E-state index contributed by atoms with van der Waals surface area (Å²) in [4.78, 5) is 30.3. The van der Waals surface area contributed by atoms with Crippen LogP contribution in [0.1, 0.15) is 34.6 Å². The minimum Gasteiger partial charge on any atom is -0.369 e. The summed E-state index contributed by atoms with van der Waals surface area (Å²) in [6.45, 7) is 5.04. The van der Waals surface area contributed by atoms with Crippen molar-refractivity contribution in [1.82, 2.24) is 9.88 Å². The number of aromatic nitrogens is 1. The van der Waals surface area contributed by atoms with Crippen molar-refractivity contribution in [2.75, 3.05) is 13.1 Å². The van der Waals surface area contributed by atoms with Gasteiger partial charge in [0.25, 0.3) is 5.91 Å². The molecule has 1 aliphatic heterocycles. The fourth-order valence-corrected chi connectivity index (χ4v) is 3.36. The molecule has 2 N–H and O–H groups in total. The lowest BCUT2D eigenvalue weighted by atomic mass is 9.96. The van der Waals surface area contributed by atoms with Crippen LogP contribution in [0.15, 0.2) is 36.4 Å². The maximum absolute atomic E-state index is 12.7. The molecule has 25 heavy (non-hydrogen) atoms. The van der Waals surface area contributed by atoms with Gasteiger partial charge >= 0.3 is 0 Å². The number of rotatable bonds is 3. The lowest BCUT2D eigenvalue weighted by Crippen LogP contribution is -2.44. The highest BCUT2D eigenvalue weighted by molar-refractivity contribution is 5.95. The molecule has 0 radical (unpaired) electrons. The van der Waals surface area contributed by atoms with E-state index in [2.05, 4.69) is 11.1 Å². The van der Waals surface area contributed by atoms with E-state index in [0.29, 0.717) is 18.7 Å². The Kier molecular flexibility index (Phi) is 4.83. The second kappa shape index (κ2) is 7.05. The minimum atomic E-state index is -0.324. The zero-order chi connectivity index (χ0) is 18.0. The fourth-order valence-electron chi connectivity index (χ4n) is 3.36. The quantitative estimate of drug-likeness (QED) is 0.935. The summed E-state index contributed by atoms with van der Waals surface area (Å²) in [5, 5.41) is 0. The molecule has 0 spiro atoms. The van der Waals surface area contributed by atoms with Crippen molar-refractivity contribution in [3.8, 4) is 11.1 Å². The van der Waals surface area contributed by atoms with E-state index in [0.717, 1.165) is 35.4 Å². The Morgan fingerprint density at radius 3 is 2.48 bits per heavy atom. The van der Waals surface area contributed by atoms with Crippen LogP contribution < -0.4 is 5.73 Å². The monoisotopic (exact) mass is 337 g/mol. The first-order valence-electron chi connectivity index (χ1n) is 8.59. The molecular formula is C20H23N3O2. The molecule has 5 nitrogen and oxygen atoms in total. The van der Waals surface area contributed by atoms with Crippen molar-refractivity contribution in [2.45, 2.75) is 26.7 Å². The number of nitrogens with zero attached hydrogens (tertiary/aromatic N) is 2. The van der Waals surface area contributed by atoms with Crippen LogP contribution in [0.2, 0.25) is 0 Å². The molecule has 2 heterocycles. The molecule has 0 aliphatic carbocycles. The largest absolute Gasteiger partial charge is 0.369 e. The molecule has 2 amide bonds. The van der Waals surface area contributed by atoms with Gasteiger partial charge in [0.15, 0.2) is 0 Å². The van der Waals surface area contributed by atoms with Gasteiger partial charge in [0.05, 0.1) is 5.92 Å². The molecular weight excluding hydrogens is 314 g/mol. The summed E-state index contributed by atoms with van der Waals surface area (Å²) < 4.78 is 0. The predicted molar refractivity (Wildman–Crippen MR) is 97.0 cm³/mol. The molecule has 5 heteroatoms. The molecule has 1 atom stereocenters.